The molecule has 1 heterocycles. The maximum absolute atomic E-state index is 12.2. The van der Waals surface area contributed by atoms with Gasteiger partial charge in [-0.15, -0.1) is 0 Å². The summed E-state index contributed by atoms with van der Waals surface area (Å²) in [4.78, 5) is 22.5. The fourth-order valence-corrected chi connectivity index (χ4v) is 6.32. The number of aromatic nitrogens is 1. The molecule has 0 aliphatic rings. The molecule has 2 N–H and O–H groups in total. The van der Waals surface area contributed by atoms with E-state index in [1.54, 1.807) is 11.3 Å². The number of amides is 1. The van der Waals surface area contributed by atoms with E-state index >= 15 is 0 Å². The van der Waals surface area contributed by atoms with Crippen LogP contribution in [0, 0.1) is 0 Å². The van der Waals surface area contributed by atoms with Crippen LogP contribution in [0.2, 0.25) is 0 Å². The minimum atomic E-state index is -2.16. The molecule has 2 rings (SSSR count). The Morgan fingerprint density at radius 1 is 0.867 bits per heavy atom. The van der Waals surface area contributed by atoms with E-state index in [1.165, 1.54) is 89.9 Å². The topological polar surface area (TPSA) is 90.1 Å². The number of hydrogen-bond donors (Lipinski definition) is 2. The zero-order chi connectivity index (χ0) is 32.4. The Bertz CT molecular complexity index is 964. The Morgan fingerprint density at radius 2 is 1.44 bits per heavy atom. The van der Waals surface area contributed by atoms with E-state index in [0.29, 0.717) is 12.3 Å². The minimum absolute atomic E-state index is 0.0289. The van der Waals surface area contributed by atoms with Crippen molar-refractivity contribution in [2.75, 3.05) is 19.8 Å². The number of thiazole rings is 1. The molecule has 0 saturated heterocycles. The number of unbranched alkanes of at least 4 members (excludes halogenated alkanes) is 15. The summed E-state index contributed by atoms with van der Waals surface area (Å²) in [7, 11) is -2.16. The molecule has 2 unspecified atom stereocenters. The van der Waals surface area contributed by atoms with Gasteiger partial charge in [-0.2, -0.15) is 4.57 Å². The molecule has 10 heteroatoms. The van der Waals surface area contributed by atoms with Crippen LogP contribution in [0.4, 0.5) is 4.79 Å². The summed E-state index contributed by atoms with van der Waals surface area (Å²) in [5.74, 6) is 0.522. The van der Waals surface area contributed by atoms with Crippen molar-refractivity contribution in [3.05, 3.63) is 46.9 Å². The number of nitrogens with one attached hydrogen (secondary N) is 1. The van der Waals surface area contributed by atoms with Crippen molar-refractivity contribution in [1.29, 1.82) is 0 Å². The summed E-state index contributed by atoms with van der Waals surface area (Å²) in [6.45, 7) is 7.52. The number of alkyl carbamates (subject to hydrolysis) is 1. The zero-order valence-electron chi connectivity index (χ0n) is 28.1. The van der Waals surface area contributed by atoms with Crippen LogP contribution in [-0.4, -0.2) is 43.0 Å². The van der Waals surface area contributed by atoms with Gasteiger partial charge in [-0.1, -0.05) is 115 Å². The van der Waals surface area contributed by atoms with Crippen LogP contribution in [-0.2, 0) is 20.5 Å². The highest BCUT2D eigenvalue weighted by Crippen LogP contribution is 2.35. The lowest BCUT2D eigenvalue weighted by atomic mass is 10.0. The fourth-order valence-electron chi connectivity index (χ4n) is 5.08. The summed E-state index contributed by atoms with van der Waals surface area (Å²) in [6, 6.07) is 7.54. The molecule has 1 amide bonds. The average molecular weight is 668 g/mol. The lowest BCUT2D eigenvalue weighted by Gasteiger charge is -2.21. The van der Waals surface area contributed by atoms with Gasteiger partial charge in [0.25, 0.3) is 0 Å². The molecule has 0 aliphatic heterocycles. The SMILES string of the molecule is CCCCCCCCCCCCCCCCCCNC(=O)OCC(COP(O)Oc1ccc(C[n+]2ccsc2)cc1)OC(C)C. The van der Waals surface area contributed by atoms with Crippen LogP contribution in [0.15, 0.2) is 41.4 Å². The van der Waals surface area contributed by atoms with E-state index in [4.69, 9.17) is 18.5 Å². The first kappa shape index (κ1) is 39.4. The van der Waals surface area contributed by atoms with Crippen LogP contribution >= 0.6 is 19.9 Å². The molecule has 0 bridgehead atoms. The van der Waals surface area contributed by atoms with E-state index in [2.05, 4.69) is 22.3 Å². The molecule has 2 aromatic rings. The second-order valence-electron chi connectivity index (χ2n) is 12.1. The minimum Gasteiger partial charge on any atom is -0.447 e. The van der Waals surface area contributed by atoms with Crippen molar-refractivity contribution < 1.29 is 32.8 Å². The first-order valence-corrected chi connectivity index (χ1v) is 19.4. The van der Waals surface area contributed by atoms with E-state index in [0.717, 1.165) is 24.9 Å². The number of benzene rings is 1. The molecule has 1 aromatic carbocycles. The third-order valence-electron chi connectivity index (χ3n) is 7.53. The van der Waals surface area contributed by atoms with Crippen molar-refractivity contribution in [3.63, 3.8) is 0 Å². The lowest BCUT2D eigenvalue weighted by Crippen LogP contribution is -2.33. The highest BCUT2D eigenvalue weighted by atomic mass is 32.1. The number of rotatable bonds is 28. The lowest BCUT2D eigenvalue weighted by molar-refractivity contribution is -0.683. The van der Waals surface area contributed by atoms with Gasteiger partial charge in [0.05, 0.1) is 18.1 Å². The van der Waals surface area contributed by atoms with Gasteiger partial charge >= 0.3 is 14.7 Å². The van der Waals surface area contributed by atoms with E-state index in [-0.39, 0.29) is 19.3 Å². The predicted molar refractivity (Wildman–Crippen MR) is 185 cm³/mol. The summed E-state index contributed by atoms with van der Waals surface area (Å²) in [6.07, 6.45) is 22.1. The van der Waals surface area contributed by atoms with Crippen molar-refractivity contribution in [1.82, 2.24) is 5.32 Å². The monoisotopic (exact) mass is 667 g/mol. The van der Waals surface area contributed by atoms with Crippen molar-refractivity contribution >= 4 is 26.0 Å². The molecule has 1 aromatic heterocycles. The molecular weight excluding hydrogens is 607 g/mol. The van der Waals surface area contributed by atoms with E-state index in [9.17, 15) is 9.69 Å². The second kappa shape index (κ2) is 26.3. The first-order chi connectivity index (χ1) is 22.0. The molecule has 2 atom stereocenters. The second-order valence-corrected chi connectivity index (χ2v) is 13.8. The Kier molecular flexibility index (Phi) is 23.0. The van der Waals surface area contributed by atoms with E-state index in [1.807, 2.05) is 49.7 Å². The predicted octanol–water partition coefficient (Wildman–Crippen LogP) is 9.48. The Labute approximate surface area is 278 Å². The van der Waals surface area contributed by atoms with Gasteiger partial charge in [0.2, 0.25) is 5.51 Å². The molecule has 0 spiro atoms. The third kappa shape index (κ3) is 21.6. The summed E-state index contributed by atoms with van der Waals surface area (Å²) in [5, 5.41) is 4.86. The highest BCUT2D eigenvalue weighted by Gasteiger charge is 2.19. The maximum Gasteiger partial charge on any atom is 0.407 e. The fraction of sp³-hybridized carbons (Fsp3) is 0.714. The summed E-state index contributed by atoms with van der Waals surface area (Å²) < 4.78 is 24.3. The standard InChI is InChI=1S/C35H59N2O6PS/c1-4-5-6-7-8-9-10-11-12-13-14-15-16-17-18-19-24-36-35(38)40-28-34(42-31(2)3)29-41-44(39)43-33-22-20-32(21-23-33)27-37-25-26-45-30-37/h20-23,25-26,30-31,34,39H,4-19,24,27-29H2,1-3H3/p+1. The van der Waals surface area contributed by atoms with Gasteiger partial charge in [0.15, 0.2) is 12.7 Å². The van der Waals surface area contributed by atoms with Gasteiger partial charge in [0, 0.05) is 12.1 Å². The van der Waals surface area contributed by atoms with Crippen LogP contribution in [0.25, 0.3) is 0 Å². The first-order valence-electron chi connectivity index (χ1n) is 17.3. The number of ether oxygens (including phenoxy) is 2. The van der Waals surface area contributed by atoms with Crippen LogP contribution in [0.1, 0.15) is 129 Å². The Morgan fingerprint density at radius 3 is 1.98 bits per heavy atom. The Hall–Kier alpha value is -1.77. The molecule has 0 saturated carbocycles. The molecule has 0 radical (unpaired) electrons. The van der Waals surface area contributed by atoms with Gasteiger partial charge in [-0.05, 0) is 44.5 Å². The molecule has 0 aliphatic carbocycles. The van der Waals surface area contributed by atoms with Gasteiger partial charge in [-0.25, -0.2) is 4.79 Å². The quantitative estimate of drug-likeness (QED) is 0.0534. The number of hydrogen-bond acceptors (Lipinski definition) is 7. The van der Waals surface area contributed by atoms with E-state index < -0.39 is 20.8 Å². The number of carbonyl (C=O) groups excluding carboxylic acids is 1. The third-order valence-corrected chi connectivity index (χ3v) is 8.94. The summed E-state index contributed by atoms with van der Waals surface area (Å²) in [5.41, 5.74) is 3.18. The maximum atomic E-state index is 12.2. The zero-order valence-corrected chi connectivity index (χ0v) is 29.8. The van der Waals surface area contributed by atoms with Crippen molar-refractivity contribution in [2.24, 2.45) is 0 Å². The molecular formula is C35H60N2O6PS+. The van der Waals surface area contributed by atoms with Gasteiger partial charge in [-0.3, -0.25) is 4.52 Å². The smallest absolute Gasteiger partial charge is 0.407 e. The largest absolute Gasteiger partial charge is 0.447 e. The average Bonchev–Trinajstić information content (AvgIpc) is 3.54. The van der Waals surface area contributed by atoms with Gasteiger partial charge < -0.3 is 24.2 Å². The van der Waals surface area contributed by atoms with Crippen molar-refractivity contribution in [3.8, 4) is 5.75 Å². The molecule has 8 nitrogen and oxygen atoms in total. The van der Waals surface area contributed by atoms with Crippen molar-refractivity contribution in [2.45, 2.75) is 142 Å². The number of nitrogens with zero attached hydrogens (tertiary/aromatic N) is 1. The van der Waals surface area contributed by atoms with Crippen LogP contribution < -0.4 is 14.4 Å². The van der Waals surface area contributed by atoms with Gasteiger partial charge in [0.1, 0.15) is 18.5 Å². The molecule has 45 heavy (non-hydrogen) atoms. The number of carbonyl (C=O) groups is 1. The highest BCUT2D eigenvalue weighted by molar-refractivity contribution is 7.41. The van der Waals surface area contributed by atoms with Crippen LogP contribution in [0.5, 0.6) is 5.75 Å². The normalized spacial score (nSPS) is 12.7. The molecule has 256 valence electrons. The Balaban J connectivity index is 1.46. The molecule has 0 fully saturated rings. The van der Waals surface area contributed by atoms with Crippen LogP contribution in [0.3, 0.4) is 0 Å². The summed E-state index contributed by atoms with van der Waals surface area (Å²) >= 11 is 1.65.